The van der Waals surface area contributed by atoms with Gasteiger partial charge in [0.15, 0.2) is 18.1 Å². The first-order valence-corrected chi connectivity index (χ1v) is 13.8. The zero-order valence-corrected chi connectivity index (χ0v) is 23.8. The summed E-state index contributed by atoms with van der Waals surface area (Å²) in [5.41, 5.74) is 4.67. The Morgan fingerprint density at radius 1 is 0.975 bits per heavy atom. The lowest BCUT2D eigenvalue weighted by Crippen LogP contribution is -2.49. The van der Waals surface area contributed by atoms with Crippen molar-refractivity contribution < 1.29 is 28.5 Å². The Labute approximate surface area is 234 Å². The summed E-state index contributed by atoms with van der Waals surface area (Å²) < 4.78 is 22.2. The number of benzene rings is 2. The minimum absolute atomic E-state index is 0.142. The van der Waals surface area contributed by atoms with Crippen LogP contribution in [0.2, 0.25) is 0 Å². The molecule has 2 atom stereocenters. The van der Waals surface area contributed by atoms with Gasteiger partial charge in [-0.25, -0.2) is 9.78 Å². The molecule has 2 unspecified atom stereocenters. The minimum atomic E-state index is -0.491. The second-order valence-corrected chi connectivity index (χ2v) is 10.5. The molecule has 1 aliphatic carbocycles. The number of esters is 1. The molecular formula is C32H36N2O6. The Hall–Kier alpha value is -4.07. The van der Waals surface area contributed by atoms with Crippen molar-refractivity contribution in [2.24, 2.45) is 0 Å². The highest BCUT2D eigenvalue weighted by Crippen LogP contribution is 2.41. The van der Waals surface area contributed by atoms with Crippen LogP contribution >= 0.6 is 0 Å². The van der Waals surface area contributed by atoms with Gasteiger partial charge in [0.05, 0.1) is 38.1 Å². The molecule has 2 aliphatic rings. The van der Waals surface area contributed by atoms with Crippen LogP contribution in [0.1, 0.15) is 66.7 Å². The average molecular weight is 545 g/mol. The van der Waals surface area contributed by atoms with E-state index < -0.39 is 5.97 Å². The van der Waals surface area contributed by atoms with Crippen LogP contribution in [-0.2, 0) is 16.0 Å². The number of pyridine rings is 1. The predicted molar refractivity (Wildman–Crippen MR) is 154 cm³/mol. The zero-order valence-electron chi connectivity index (χ0n) is 23.8. The van der Waals surface area contributed by atoms with Crippen molar-refractivity contribution in [3.8, 4) is 17.2 Å². The second kappa shape index (κ2) is 11.6. The first-order valence-electron chi connectivity index (χ1n) is 13.8. The number of para-hydroxylation sites is 1. The number of amides is 1. The first-order chi connectivity index (χ1) is 19.4. The molecule has 1 aliphatic heterocycles. The number of methoxy groups -OCH3 is 3. The molecule has 1 fully saturated rings. The smallest absolute Gasteiger partial charge is 0.339 e. The van der Waals surface area contributed by atoms with Crippen molar-refractivity contribution >= 4 is 34.4 Å². The standard InChI is InChI=1S/C32H36N2O6/c1-19-9-8-10-20(2)34(19)28(35)18-40-32(36)29-23-11-6-7-12-25(23)33-30-22(13-14-24(29)30)15-21-16-26(37-3)31(39-5)27(17-21)38-4/h6-7,11-12,15-17,19-20H,8-10,13-14,18H2,1-5H3/b22-15+. The highest BCUT2D eigenvalue weighted by atomic mass is 16.5. The van der Waals surface area contributed by atoms with Gasteiger partial charge in [0.25, 0.3) is 5.91 Å². The third-order valence-electron chi connectivity index (χ3n) is 7.98. The Morgan fingerprint density at radius 3 is 2.30 bits per heavy atom. The monoisotopic (exact) mass is 544 g/mol. The quantitative estimate of drug-likeness (QED) is 0.353. The maximum Gasteiger partial charge on any atom is 0.339 e. The van der Waals surface area contributed by atoms with E-state index in [0.717, 1.165) is 47.0 Å². The fourth-order valence-corrected chi connectivity index (χ4v) is 6.08. The molecular weight excluding hydrogens is 508 g/mol. The van der Waals surface area contributed by atoms with Crippen molar-refractivity contribution in [1.29, 1.82) is 0 Å². The predicted octanol–water partition coefficient (Wildman–Crippen LogP) is 5.69. The number of piperidine rings is 1. The molecule has 0 saturated carbocycles. The molecule has 0 radical (unpaired) electrons. The number of hydrogen-bond acceptors (Lipinski definition) is 7. The molecule has 0 N–H and O–H groups in total. The largest absolute Gasteiger partial charge is 0.493 e. The number of aromatic nitrogens is 1. The molecule has 210 valence electrons. The van der Waals surface area contributed by atoms with Crippen LogP contribution in [0.3, 0.4) is 0 Å². The van der Waals surface area contributed by atoms with Gasteiger partial charge in [0.1, 0.15) is 0 Å². The van der Waals surface area contributed by atoms with Crippen LogP contribution in [0.4, 0.5) is 0 Å². The number of carbonyl (C=O) groups is 2. The summed E-state index contributed by atoms with van der Waals surface area (Å²) in [6, 6.07) is 11.6. The van der Waals surface area contributed by atoms with Gasteiger partial charge in [-0.2, -0.15) is 0 Å². The molecule has 40 heavy (non-hydrogen) atoms. The van der Waals surface area contributed by atoms with Gasteiger partial charge in [-0.3, -0.25) is 4.79 Å². The fraction of sp³-hybridized carbons (Fsp3) is 0.406. The van der Waals surface area contributed by atoms with E-state index in [0.29, 0.717) is 41.2 Å². The summed E-state index contributed by atoms with van der Waals surface area (Å²) in [4.78, 5) is 33.5. The molecule has 1 saturated heterocycles. The van der Waals surface area contributed by atoms with E-state index >= 15 is 0 Å². The Kier molecular flexibility index (Phi) is 7.96. The van der Waals surface area contributed by atoms with Crippen LogP contribution in [0.5, 0.6) is 17.2 Å². The van der Waals surface area contributed by atoms with Crippen molar-refractivity contribution in [3.63, 3.8) is 0 Å². The van der Waals surface area contributed by atoms with E-state index in [4.69, 9.17) is 23.9 Å². The van der Waals surface area contributed by atoms with Crippen LogP contribution in [0.15, 0.2) is 36.4 Å². The van der Waals surface area contributed by atoms with E-state index in [9.17, 15) is 9.59 Å². The lowest BCUT2D eigenvalue weighted by atomic mass is 9.97. The van der Waals surface area contributed by atoms with Gasteiger partial charge in [0.2, 0.25) is 5.75 Å². The van der Waals surface area contributed by atoms with Crippen LogP contribution in [-0.4, -0.2) is 61.8 Å². The highest BCUT2D eigenvalue weighted by molar-refractivity contribution is 6.07. The summed E-state index contributed by atoms with van der Waals surface area (Å²) in [6.07, 6.45) is 6.42. The van der Waals surface area contributed by atoms with E-state index in [2.05, 4.69) is 13.8 Å². The van der Waals surface area contributed by atoms with Gasteiger partial charge in [-0.15, -0.1) is 0 Å². The van der Waals surface area contributed by atoms with Crippen molar-refractivity contribution in [2.75, 3.05) is 27.9 Å². The molecule has 3 aromatic rings. The fourth-order valence-electron chi connectivity index (χ4n) is 6.08. The maximum absolute atomic E-state index is 13.6. The van der Waals surface area contributed by atoms with Crippen molar-refractivity contribution in [1.82, 2.24) is 9.88 Å². The number of hydrogen-bond donors (Lipinski definition) is 0. The van der Waals surface area contributed by atoms with Gasteiger partial charge < -0.3 is 23.8 Å². The number of likely N-dealkylation sites (tertiary alicyclic amines) is 1. The summed E-state index contributed by atoms with van der Waals surface area (Å²) in [5.74, 6) is 1.01. The molecule has 8 nitrogen and oxygen atoms in total. The summed E-state index contributed by atoms with van der Waals surface area (Å²) in [6.45, 7) is 3.84. The van der Waals surface area contributed by atoms with Gasteiger partial charge >= 0.3 is 5.97 Å². The molecule has 0 bridgehead atoms. The normalized spacial score (nSPS) is 19.4. The number of ether oxygens (including phenoxy) is 4. The Balaban J connectivity index is 1.49. The molecule has 5 rings (SSSR count). The van der Waals surface area contributed by atoms with Crippen LogP contribution < -0.4 is 14.2 Å². The number of nitrogens with zero attached hydrogens (tertiary/aromatic N) is 2. The molecule has 2 aromatic carbocycles. The summed E-state index contributed by atoms with van der Waals surface area (Å²) in [5, 5.41) is 0.729. The van der Waals surface area contributed by atoms with Gasteiger partial charge in [-0.1, -0.05) is 18.2 Å². The zero-order chi connectivity index (χ0) is 28.4. The van der Waals surface area contributed by atoms with Crippen LogP contribution in [0.25, 0.3) is 22.6 Å². The lowest BCUT2D eigenvalue weighted by molar-refractivity contribution is -0.140. The van der Waals surface area contributed by atoms with Crippen LogP contribution in [0, 0.1) is 0 Å². The number of fused-ring (bicyclic) bond motifs is 2. The van der Waals surface area contributed by atoms with Crippen molar-refractivity contribution in [2.45, 2.75) is 58.0 Å². The molecule has 2 heterocycles. The Bertz CT molecular complexity index is 1440. The number of carbonyl (C=O) groups excluding carboxylic acids is 2. The number of allylic oxidation sites excluding steroid dienone is 1. The third kappa shape index (κ3) is 5.10. The van der Waals surface area contributed by atoms with E-state index in [1.54, 1.807) is 21.3 Å². The molecule has 8 heteroatoms. The molecule has 1 aromatic heterocycles. The second-order valence-electron chi connectivity index (χ2n) is 10.5. The SMILES string of the molecule is COc1cc(/C=C2\CCc3c2nc2ccccc2c3C(=O)OCC(=O)N2C(C)CCCC2C)cc(OC)c1OC. The maximum atomic E-state index is 13.6. The van der Waals surface area contributed by atoms with E-state index in [1.807, 2.05) is 47.4 Å². The summed E-state index contributed by atoms with van der Waals surface area (Å²) >= 11 is 0. The lowest BCUT2D eigenvalue weighted by Gasteiger charge is -2.38. The van der Waals surface area contributed by atoms with E-state index in [-0.39, 0.29) is 24.6 Å². The van der Waals surface area contributed by atoms with E-state index in [1.165, 1.54) is 0 Å². The molecule has 1 amide bonds. The van der Waals surface area contributed by atoms with Crippen molar-refractivity contribution in [3.05, 3.63) is 58.8 Å². The average Bonchev–Trinajstić information content (AvgIpc) is 3.35. The minimum Gasteiger partial charge on any atom is -0.493 e. The van der Waals surface area contributed by atoms with Gasteiger partial charge in [-0.05, 0) is 86.9 Å². The third-order valence-corrected chi connectivity index (χ3v) is 7.98. The highest BCUT2D eigenvalue weighted by Gasteiger charge is 2.31. The molecule has 0 spiro atoms. The topological polar surface area (TPSA) is 87.2 Å². The first kappa shape index (κ1) is 27.5. The number of rotatable bonds is 7. The Morgan fingerprint density at radius 2 is 1.65 bits per heavy atom. The summed E-state index contributed by atoms with van der Waals surface area (Å²) in [7, 11) is 4.74. The van der Waals surface area contributed by atoms with Gasteiger partial charge in [0, 0.05) is 17.5 Å².